The van der Waals surface area contributed by atoms with Gasteiger partial charge in [-0.25, -0.2) is 13.1 Å². The van der Waals surface area contributed by atoms with Crippen LogP contribution in [0.15, 0.2) is 29.2 Å². The molecule has 0 aliphatic heterocycles. The van der Waals surface area contributed by atoms with Crippen molar-refractivity contribution in [3.63, 3.8) is 0 Å². The maximum absolute atomic E-state index is 12.3. The van der Waals surface area contributed by atoms with Gasteiger partial charge in [-0.15, -0.1) is 0 Å². The zero-order valence-corrected chi connectivity index (χ0v) is 14.3. The fourth-order valence-electron chi connectivity index (χ4n) is 2.39. The van der Waals surface area contributed by atoms with Crippen LogP contribution in [-0.2, 0) is 16.4 Å². The second kappa shape index (κ2) is 8.51. The van der Waals surface area contributed by atoms with Crippen LogP contribution in [0.4, 0.5) is 0 Å². The lowest BCUT2D eigenvalue weighted by atomic mass is 10.1. The van der Waals surface area contributed by atoms with Gasteiger partial charge in [-0.05, 0) is 63.4 Å². The average molecular weight is 312 g/mol. The molecular weight excluding hydrogens is 284 g/mol. The molecule has 0 fully saturated rings. The van der Waals surface area contributed by atoms with Crippen molar-refractivity contribution < 1.29 is 8.42 Å². The van der Waals surface area contributed by atoms with Gasteiger partial charge in [0.15, 0.2) is 0 Å². The van der Waals surface area contributed by atoms with Gasteiger partial charge < -0.3 is 5.32 Å². The molecule has 4 nitrogen and oxygen atoms in total. The molecule has 1 rings (SSSR count). The zero-order chi connectivity index (χ0) is 15.9. The Labute approximate surface area is 129 Å². The molecule has 0 radical (unpaired) electrons. The minimum absolute atomic E-state index is 0.0506. The van der Waals surface area contributed by atoms with Crippen LogP contribution in [-0.4, -0.2) is 28.1 Å². The van der Waals surface area contributed by atoms with Crippen molar-refractivity contribution in [1.82, 2.24) is 10.0 Å². The van der Waals surface area contributed by atoms with Crippen molar-refractivity contribution >= 4 is 10.0 Å². The zero-order valence-electron chi connectivity index (χ0n) is 13.5. The number of hydrogen-bond donors (Lipinski definition) is 2. The first kappa shape index (κ1) is 18.1. The fourth-order valence-corrected chi connectivity index (χ4v) is 3.65. The van der Waals surface area contributed by atoms with E-state index in [1.54, 1.807) is 12.1 Å². The molecule has 21 heavy (non-hydrogen) atoms. The lowest BCUT2D eigenvalue weighted by Gasteiger charge is -2.16. The Balaban J connectivity index is 2.66. The van der Waals surface area contributed by atoms with Gasteiger partial charge in [0.1, 0.15) is 0 Å². The molecule has 0 aliphatic rings. The number of hydrogen-bond acceptors (Lipinski definition) is 3. The van der Waals surface area contributed by atoms with E-state index in [4.69, 9.17) is 0 Å². The smallest absolute Gasteiger partial charge is 0.240 e. The van der Waals surface area contributed by atoms with Crippen LogP contribution in [0.5, 0.6) is 0 Å². The first-order valence-corrected chi connectivity index (χ1v) is 9.09. The quantitative estimate of drug-likeness (QED) is 0.689. The van der Waals surface area contributed by atoms with Gasteiger partial charge in [0, 0.05) is 6.04 Å². The SMILES string of the molecule is CNCCCc1ccc(S(=O)(=O)NC(C)CC(C)C)cc1. The molecule has 0 aliphatic carbocycles. The molecule has 1 atom stereocenters. The maximum Gasteiger partial charge on any atom is 0.240 e. The van der Waals surface area contributed by atoms with E-state index in [0.717, 1.165) is 25.8 Å². The summed E-state index contributed by atoms with van der Waals surface area (Å²) in [6.45, 7) is 7.05. The second-order valence-corrected chi connectivity index (χ2v) is 7.72. The first-order chi connectivity index (χ1) is 9.85. The van der Waals surface area contributed by atoms with Crippen molar-refractivity contribution in [2.24, 2.45) is 5.92 Å². The van der Waals surface area contributed by atoms with Crippen LogP contribution in [0.1, 0.15) is 39.2 Å². The van der Waals surface area contributed by atoms with Crippen LogP contribution in [0.25, 0.3) is 0 Å². The minimum Gasteiger partial charge on any atom is -0.320 e. The number of nitrogens with one attached hydrogen (secondary N) is 2. The first-order valence-electron chi connectivity index (χ1n) is 7.61. The third-order valence-corrected chi connectivity index (χ3v) is 4.91. The summed E-state index contributed by atoms with van der Waals surface area (Å²) in [6, 6.07) is 7.14. The normalized spacial score (nSPS) is 13.6. The summed E-state index contributed by atoms with van der Waals surface area (Å²) < 4.78 is 27.3. The van der Waals surface area contributed by atoms with Crippen LogP contribution in [0, 0.1) is 5.92 Å². The molecule has 5 heteroatoms. The van der Waals surface area contributed by atoms with Crippen LogP contribution in [0.2, 0.25) is 0 Å². The van der Waals surface area contributed by atoms with Crippen LogP contribution >= 0.6 is 0 Å². The highest BCUT2D eigenvalue weighted by Crippen LogP contribution is 2.14. The predicted octanol–water partition coefficient (Wildman–Crippen LogP) is 2.55. The molecule has 0 spiro atoms. The average Bonchev–Trinajstić information content (AvgIpc) is 2.38. The van der Waals surface area contributed by atoms with E-state index in [1.165, 1.54) is 5.56 Å². The highest BCUT2D eigenvalue weighted by Gasteiger charge is 2.17. The Kier molecular flexibility index (Phi) is 7.35. The number of benzene rings is 1. The molecule has 0 aromatic heterocycles. The van der Waals surface area contributed by atoms with Gasteiger partial charge in [-0.3, -0.25) is 0 Å². The molecule has 0 amide bonds. The third-order valence-electron chi connectivity index (χ3n) is 3.31. The van der Waals surface area contributed by atoms with E-state index in [-0.39, 0.29) is 6.04 Å². The Morgan fingerprint density at radius 1 is 1.10 bits per heavy atom. The van der Waals surface area contributed by atoms with Crippen molar-refractivity contribution in [2.75, 3.05) is 13.6 Å². The van der Waals surface area contributed by atoms with Crippen molar-refractivity contribution in [3.05, 3.63) is 29.8 Å². The minimum atomic E-state index is -3.41. The topological polar surface area (TPSA) is 58.2 Å². The second-order valence-electron chi connectivity index (χ2n) is 6.00. The molecule has 0 bridgehead atoms. The summed E-state index contributed by atoms with van der Waals surface area (Å²) in [5.41, 5.74) is 1.17. The van der Waals surface area contributed by atoms with Crippen molar-refractivity contribution in [2.45, 2.75) is 51.0 Å². The van der Waals surface area contributed by atoms with E-state index in [2.05, 4.69) is 23.9 Å². The molecular formula is C16H28N2O2S. The Hall–Kier alpha value is -0.910. The summed E-state index contributed by atoms with van der Waals surface area (Å²) in [4.78, 5) is 0.343. The van der Waals surface area contributed by atoms with Crippen molar-refractivity contribution in [3.8, 4) is 0 Å². The maximum atomic E-state index is 12.3. The summed E-state index contributed by atoms with van der Waals surface area (Å²) in [7, 11) is -1.48. The highest BCUT2D eigenvalue weighted by molar-refractivity contribution is 7.89. The van der Waals surface area contributed by atoms with Gasteiger partial charge in [0.2, 0.25) is 10.0 Å². The predicted molar refractivity (Wildman–Crippen MR) is 87.9 cm³/mol. The van der Waals surface area contributed by atoms with Crippen molar-refractivity contribution in [1.29, 1.82) is 0 Å². The molecule has 0 heterocycles. The van der Waals surface area contributed by atoms with Gasteiger partial charge in [0.05, 0.1) is 4.90 Å². The van der Waals surface area contributed by atoms with Gasteiger partial charge in [-0.2, -0.15) is 0 Å². The molecule has 1 unspecified atom stereocenters. The summed E-state index contributed by atoms with van der Waals surface area (Å²) in [6.07, 6.45) is 2.84. The number of aryl methyl sites for hydroxylation is 1. The largest absolute Gasteiger partial charge is 0.320 e. The Bertz CT molecular complexity index is 510. The van der Waals surface area contributed by atoms with Crippen LogP contribution in [0.3, 0.4) is 0 Å². The van der Waals surface area contributed by atoms with Gasteiger partial charge in [-0.1, -0.05) is 26.0 Å². The summed E-state index contributed by atoms with van der Waals surface area (Å²) in [5, 5.41) is 3.10. The standard InChI is InChI=1S/C16H28N2O2S/c1-13(2)12-14(3)18-21(19,20)16-9-7-15(8-10-16)6-5-11-17-4/h7-10,13-14,17-18H,5-6,11-12H2,1-4H3. The van der Waals surface area contributed by atoms with E-state index < -0.39 is 10.0 Å². The summed E-state index contributed by atoms with van der Waals surface area (Å²) >= 11 is 0. The monoisotopic (exact) mass is 312 g/mol. The van der Waals surface area contributed by atoms with Gasteiger partial charge in [0.25, 0.3) is 0 Å². The van der Waals surface area contributed by atoms with E-state index >= 15 is 0 Å². The van der Waals surface area contributed by atoms with E-state index in [1.807, 2.05) is 26.1 Å². The highest BCUT2D eigenvalue weighted by atomic mass is 32.2. The number of rotatable bonds is 9. The van der Waals surface area contributed by atoms with E-state index in [0.29, 0.717) is 10.8 Å². The molecule has 0 saturated carbocycles. The molecule has 2 N–H and O–H groups in total. The molecule has 0 saturated heterocycles. The Morgan fingerprint density at radius 3 is 2.24 bits per heavy atom. The third kappa shape index (κ3) is 6.59. The molecule has 120 valence electrons. The summed E-state index contributed by atoms with van der Waals surface area (Å²) in [5.74, 6) is 0.470. The molecule has 1 aromatic rings. The lowest BCUT2D eigenvalue weighted by molar-refractivity contribution is 0.482. The number of sulfonamides is 1. The fraction of sp³-hybridized carbons (Fsp3) is 0.625. The van der Waals surface area contributed by atoms with Crippen LogP contribution < -0.4 is 10.0 Å². The lowest BCUT2D eigenvalue weighted by Crippen LogP contribution is -2.33. The Morgan fingerprint density at radius 2 is 1.71 bits per heavy atom. The van der Waals surface area contributed by atoms with E-state index in [9.17, 15) is 8.42 Å². The van der Waals surface area contributed by atoms with Gasteiger partial charge >= 0.3 is 0 Å². The molecule has 1 aromatic carbocycles.